The summed E-state index contributed by atoms with van der Waals surface area (Å²) in [6, 6.07) is 9.54. The number of pyridine rings is 1. The minimum atomic E-state index is -3.61. The molecule has 0 bridgehead atoms. The van der Waals surface area contributed by atoms with Crippen LogP contribution in [0.5, 0.6) is 5.75 Å². The average molecular weight is 337 g/mol. The van der Waals surface area contributed by atoms with Crippen LogP contribution in [0.3, 0.4) is 0 Å². The Hall–Kier alpha value is -2.07. The Morgan fingerprint density at radius 1 is 1.23 bits per heavy atom. The van der Waals surface area contributed by atoms with Gasteiger partial charge >= 0.3 is 0 Å². The standard InChI is InChI=1S/C15H13ClN2O3S/c16-13-5-3-7-15(11-13)22(19,20)18-9-1-2-10-21-14-6-4-8-17-12-14/h3-8,11-12,18H,9-10H2. The number of ether oxygens (including phenoxy) is 1. The van der Waals surface area contributed by atoms with E-state index in [1.165, 1.54) is 12.1 Å². The number of sulfonamides is 1. The van der Waals surface area contributed by atoms with Crippen LogP contribution in [0.4, 0.5) is 0 Å². The van der Waals surface area contributed by atoms with Crippen molar-refractivity contribution in [3.05, 3.63) is 53.8 Å². The lowest BCUT2D eigenvalue weighted by Gasteiger charge is -2.03. The van der Waals surface area contributed by atoms with Crippen LogP contribution in [-0.2, 0) is 10.0 Å². The van der Waals surface area contributed by atoms with E-state index < -0.39 is 10.0 Å². The molecule has 1 aromatic carbocycles. The maximum absolute atomic E-state index is 12.0. The molecule has 0 amide bonds. The van der Waals surface area contributed by atoms with Gasteiger partial charge in [0, 0.05) is 11.2 Å². The fourth-order valence-corrected chi connectivity index (χ4v) is 2.74. The molecule has 0 saturated heterocycles. The summed E-state index contributed by atoms with van der Waals surface area (Å²) in [6.07, 6.45) is 3.21. The third kappa shape index (κ3) is 5.04. The second kappa shape index (κ2) is 7.80. The Kier molecular flexibility index (Phi) is 5.78. The summed E-state index contributed by atoms with van der Waals surface area (Å²) in [5, 5.41) is 0.360. The molecule has 1 aromatic heterocycles. The molecule has 5 nitrogen and oxygen atoms in total. The largest absolute Gasteiger partial charge is 0.479 e. The number of nitrogens with zero attached hydrogens (tertiary/aromatic N) is 1. The van der Waals surface area contributed by atoms with Crippen molar-refractivity contribution in [2.45, 2.75) is 4.90 Å². The van der Waals surface area contributed by atoms with E-state index in [1.807, 2.05) is 0 Å². The van der Waals surface area contributed by atoms with Gasteiger partial charge in [-0.2, -0.15) is 4.72 Å². The van der Waals surface area contributed by atoms with Crippen LogP contribution < -0.4 is 9.46 Å². The smallest absolute Gasteiger partial charge is 0.241 e. The van der Waals surface area contributed by atoms with Crippen molar-refractivity contribution in [3.8, 4) is 17.6 Å². The SMILES string of the molecule is O=S(=O)(NCC#CCOc1cccnc1)c1cccc(Cl)c1. The summed E-state index contributed by atoms with van der Waals surface area (Å²) in [5.74, 6) is 6.00. The zero-order valence-electron chi connectivity index (χ0n) is 11.5. The Morgan fingerprint density at radius 2 is 2.09 bits per heavy atom. The van der Waals surface area contributed by atoms with Gasteiger partial charge in [0.2, 0.25) is 10.0 Å². The number of nitrogens with one attached hydrogen (secondary N) is 1. The van der Waals surface area contributed by atoms with Gasteiger partial charge in [-0.05, 0) is 30.3 Å². The highest BCUT2D eigenvalue weighted by Crippen LogP contribution is 2.14. The van der Waals surface area contributed by atoms with Gasteiger partial charge in [0.25, 0.3) is 0 Å². The van der Waals surface area contributed by atoms with Gasteiger partial charge in [-0.3, -0.25) is 4.98 Å². The number of hydrogen-bond acceptors (Lipinski definition) is 4. The molecule has 0 saturated carbocycles. The number of halogens is 1. The predicted octanol–water partition coefficient (Wildman–Crippen LogP) is 2.10. The average Bonchev–Trinajstić information content (AvgIpc) is 2.52. The molecule has 0 aliphatic heterocycles. The summed E-state index contributed by atoms with van der Waals surface area (Å²) < 4.78 is 31.6. The summed E-state index contributed by atoms with van der Waals surface area (Å²) >= 11 is 5.77. The van der Waals surface area contributed by atoms with Gasteiger partial charge in [-0.25, -0.2) is 8.42 Å². The molecular formula is C15H13ClN2O3S. The first-order valence-electron chi connectivity index (χ1n) is 6.32. The molecule has 0 spiro atoms. The van der Waals surface area contributed by atoms with E-state index in [-0.39, 0.29) is 18.0 Å². The normalized spacial score (nSPS) is 10.6. The van der Waals surface area contributed by atoms with Gasteiger partial charge in [0.15, 0.2) is 0 Å². The molecule has 0 fully saturated rings. The Labute approximate surface area is 134 Å². The molecule has 2 aromatic rings. The fourth-order valence-electron chi connectivity index (χ4n) is 1.51. The van der Waals surface area contributed by atoms with Gasteiger partial charge in [0.05, 0.1) is 17.6 Å². The molecule has 7 heteroatoms. The minimum absolute atomic E-state index is 0.00868. The lowest BCUT2D eigenvalue weighted by molar-refractivity contribution is 0.368. The summed E-state index contributed by atoms with van der Waals surface area (Å²) in [4.78, 5) is 4.00. The molecule has 0 aliphatic rings. The van der Waals surface area contributed by atoms with Crippen LogP contribution in [0.15, 0.2) is 53.7 Å². The monoisotopic (exact) mass is 336 g/mol. The van der Waals surface area contributed by atoms with Gasteiger partial charge in [0.1, 0.15) is 12.4 Å². The third-order valence-corrected chi connectivity index (χ3v) is 4.16. The summed E-state index contributed by atoms with van der Waals surface area (Å²) in [5.41, 5.74) is 0. The lowest BCUT2D eigenvalue weighted by atomic mass is 10.4. The molecule has 1 N–H and O–H groups in total. The summed E-state index contributed by atoms with van der Waals surface area (Å²) in [7, 11) is -3.61. The molecular weight excluding hydrogens is 324 g/mol. The number of rotatable bonds is 5. The van der Waals surface area contributed by atoms with Crippen molar-refractivity contribution in [2.75, 3.05) is 13.2 Å². The molecule has 0 unspecified atom stereocenters. The van der Waals surface area contributed by atoms with Crippen molar-refractivity contribution in [2.24, 2.45) is 0 Å². The zero-order valence-corrected chi connectivity index (χ0v) is 13.1. The Balaban J connectivity index is 1.82. The lowest BCUT2D eigenvalue weighted by Crippen LogP contribution is -2.24. The van der Waals surface area contributed by atoms with E-state index in [9.17, 15) is 8.42 Å². The Morgan fingerprint density at radius 3 is 2.82 bits per heavy atom. The second-order valence-electron chi connectivity index (χ2n) is 4.11. The van der Waals surface area contributed by atoms with Crippen molar-refractivity contribution in [1.29, 1.82) is 0 Å². The van der Waals surface area contributed by atoms with Crippen molar-refractivity contribution >= 4 is 21.6 Å². The molecule has 2 rings (SSSR count). The van der Waals surface area contributed by atoms with E-state index in [2.05, 4.69) is 21.5 Å². The van der Waals surface area contributed by atoms with Gasteiger partial charge in [-0.1, -0.05) is 29.5 Å². The van der Waals surface area contributed by atoms with Crippen LogP contribution in [0.2, 0.25) is 5.02 Å². The highest BCUT2D eigenvalue weighted by atomic mass is 35.5. The van der Waals surface area contributed by atoms with Crippen molar-refractivity contribution in [1.82, 2.24) is 9.71 Å². The molecule has 1 heterocycles. The molecule has 0 radical (unpaired) electrons. The number of hydrogen-bond donors (Lipinski definition) is 1. The van der Waals surface area contributed by atoms with Crippen molar-refractivity contribution in [3.63, 3.8) is 0 Å². The molecule has 22 heavy (non-hydrogen) atoms. The molecule has 114 valence electrons. The number of aromatic nitrogens is 1. The van der Waals surface area contributed by atoms with E-state index in [1.54, 1.807) is 36.7 Å². The van der Waals surface area contributed by atoms with Crippen LogP contribution in [0, 0.1) is 11.8 Å². The van der Waals surface area contributed by atoms with Crippen LogP contribution in [0.1, 0.15) is 0 Å². The summed E-state index contributed by atoms with van der Waals surface area (Å²) in [6.45, 7) is 0.149. The van der Waals surface area contributed by atoms with E-state index in [0.717, 1.165) is 0 Å². The first-order valence-corrected chi connectivity index (χ1v) is 8.18. The topological polar surface area (TPSA) is 68.3 Å². The number of benzene rings is 1. The first kappa shape index (κ1) is 16.3. The van der Waals surface area contributed by atoms with E-state index >= 15 is 0 Å². The van der Waals surface area contributed by atoms with Crippen LogP contribution in [0.25, 0.3) is 0 Å². The fraction of sp³-hybridized carbons (Fsp3) is 0.133. The highest BCUT2D eigenvalue weighted by Gasteiger charge is 2.12. The zero-order chi connectivity index (χ0) is 15.8. The van der Waals surface area contributed by atoms with Gasteiger partial charge in [-0.15, -0.1) is 0 Å². The predicted molar refractivity (Wildman–Crippen MR) is 84.1 cm³/mol. The quantitative estimate of drug-likeness (QED) is 0.849. The first-order chi connectivity index (χ1) is 10.6. The van der Waals surface area contributed by atoms with Crippen molar-refractivity contribution < 1.29 is 13.2 Å². The maximum atomic E-state index is 12.0. The van der Waals surface area contributed by atoms with E-state index in [0.29, 0.717) is 10.8 Å². The second-order valence-corrected chi connectivity index (χ2v) is 6.32. The molecule has 0 aliphatic carbocycles. The third-order valence-electron chi connectivity index (χ3n) is 2.53. The maximum Gasteiger partial charge on any atom is 0.241 e. The van der Waals surface area contributed by atoms with Crippen LogP contribution in [-0.4, -0.2) is 26.6 Å². The van der Waals surface area contributed by atoms with Crippen LogP contribution >= 0.6 is 11.6 Å². The van der Waals surface area contributed by atoms with Gasteiger partial charge < -0.3 is 4.74 Å². The molecule has 0 atom stereocenters. The Bertz CT molecular complexity index is 783. The highest BCUT2D eigenvalue weighted by molar-refractivity contribution is 7.89. The minimum Gasteiger partial charge on any atom is -0.479 e. The van der Waals surface area contributed by atoms with E-state index in [4.69, 9.17) is 16.3 Å².